The zero-order chi connectivity index (χ0) is 18.5. The molecule has 0 atom stereocenters. The number of ether oxygens (including phenoxy) is 1. The molecule has 136 valence electrons. The minimum atomic E-state index is -0.408. The summed E-state index contributed by atoms with van der Waals surface area (Å²) in [5, 5.41) is 2.86. The maximum Gasteiger partial charge on any atom is 0.338 e. The zero-order valence-corrected chi connectivity index (χ0v) is 14.9. The second-order valence-electron chi connectivity index (χ2n) is 5.81. The van der Waals surface area contributed by atoms with Crippen molar-refractivity contribution in [1.82, 2.24) is 4.98 Å². The molecule has 0 spiro atoms. The predicted molar refractivity (Wildman–Crippen MR) is 101 cm³/mol. The van der Waals surface area contributed by atoms with Crippen LogP contribution in [0.4, 0.5) is 22.0 Å². The number of likely N-dealkylation sites (N-methyl/N-ethyl adjacent to an activating group) is 1. The number of carbonyl (C=O) groups is 2. The molecule has 2 heterocycles. The van der Waals surface area contributed by atoms with Gasteiger partial charge in [-0.2, -0.15) is 0 Å². The van der Waals surface area contributed by atoms with Crippen LogP contribution in [0.2, 0.25) is 0 Å². The van der Waals surface area contributed by atoms with Gasteiger partial charge in [0.15, 0.2) is 5.82 Å². The highest BCUT2D eigenvalue weighted by Crippen LogP contribution is 2.30. The molecular formula is C19H22N4O3. The van der Waals surface area contributed by atoms with Gasteiger partial charge in [-0.15, -0.1) is 0 Å². The summed E-state index contributed by atoms with van der Waals surface area (Å²) in [6.45, 7) is 6.24. The van der Waals surface area contributed by atoms with Crippen molar-refractivity contribution in [3.63, 3.8) is 0 Å². The van der Waals surface area contributed by atoms with Crippen LogP contribution in [0.25, 0.3) is 0 Å². The van der Waals surface area contributed by atoms with Gasteiger partial charge < -0.3 is 15.0 Å². The molecule has 0 fully saturated rings. The smallest absolute Gasteiger partial charge is 0.338 e. The Morgan fingerprint density at radius 2 is 2.04 bits per heavy atom. The van der Waals surface area contributed by atoms with Crippen LogP contribution in [-0.2, 0) is 4.74 Å². The number of pyridine rings is 1. The summed E-state index contributed by atoms with van der Waals surface area (Å²) >= 11 is 0. The lowest BCUT2D eigenvalue weighted by Crippen LogP contribution is -2.46. The zero-order valence-electron chi connectivity index (χ0n) is 14.9. The summed E-state index contributed by atoms with van der Waals surface area (Å²) in [4.78, 5) is 32.9. The molecule has 26 heavy (non-hydrogen) atoms. The second kappa shape index (κ2) is 7.86. The Hall–Kier alpha value is -3.09. The first-order chi connectivity index (χ1) is 12.6. The first kappa shape index (κ1) is 17.7. The van der Waals surface area contributed by atoms with Crippen LogP contribution in [-0.4, -0.2) is 43.2 Å². The van der Waals surface area contributed by atoms with Crippen LogP contribution in [0.3, 0.4) is 0 Å². The molecule has 1 aromatic heterocycles. The van der Waals surface area contributed by atoms with E-state index in [0.717, 1.165) is 24.6 Å². The molecule has 7 heteroatoms. The maximum absolute atomic E-state index is 12.8. The van der Waals surface area contributed by atoms with Crippen molar-refractivity contribution in [2.24, 2.45) is 0 Å². The Kier molecular flexibility index (Phi) is 5.36. The normalized spacial score (nSPS) is 13.2. The standard InChI is InChI=1S/C19H22N4O3/c1-3-22-11-12-23(16-9-6-10-20-17(16)22)19(25)21-15-8-5-7-14(13-15)18(24)26-4-2/h5-10,13H,3-4,11-12H2,1-2H3,(H,21,25). The number of nitrogens with one attached hydrogen (secondary N) is 1. The molecule has 1 aromatic carbocycles. The van der Waals surface area contributed by atoms with Crippen LogP contribution in [0.5, 0.6) is 0 Å². The Morgan fingerprint density at radius 3 is 2.81 bits per heavy atom. The summed E-state index contributed by atoms with van der Waals surface area (Å²) in [6.07, 6.45) is 1.73. The largest absolute Gasteiger partial charge is 0.462 e. The van der Waals surface area contributed by atoms with E-state index in [2.05, 4.69) is 22.1 Å². The van der Waals surface area contributed by atoms with E-state index >= 15 is 0 Å². The number of fused-ring (bicyclic) bond motifs is 1. The molecule has 3 rings (SSSR count). The average molecular weight is 354 g/mol. The highest BCUT2D eigenvalue weighted by molar-refractivity contribution is 6.04. The molecule has 0 radical (unpaired) electrons. The van der Waals surface area contributed by atoms with Gasteiger partial charge in [0, 0.05) is 31.5 Å². The molecule has 7 nitrogen and oxygen atoms in total. The summed E-state index contributed by atoms with van der Waals surface area (Å²) in [5.74, 6) is 0.395. The van der Waals surface area contributed by atoms with Gasteiger partial charge in [-0.1, -0.05) is 6.07 Å². The Balaban J connectivity index is 1.79. The van der Waals surface area contributed by atoms with E-state index < -0.39 is 5.97 Å². The van der Waals surface area contributed by atoms with E-state index in [-0.39, 0.29) is 6.03 Å². The molecule has 0 unspecified atom stereocenters. The summed E-state index contributed by atoms with van der Waals surface area (Å²) in [7, 11) is 0. The monoisotopic (exact) mass is 354 g/mol. The van der Waals surface area contributed by atoms with Crippen molar-refractivity contribution >= 4 is 29.2 Å². The fraction of sp³-hybridized carbons (Fsp3) is 0.316. The molecule has 1 aliphatic heterocycles. The van der Waals surface area contributed by atoms with Gasteiger partial charge in [-0.05, 0) is 44.2 Å². The Morgan fingerprint density at radius 1 is 1.19 bits per heavy atom. The number of amides is 2. The predicted octanol–water partition coefficient (Wildman–Crippen LogP) is 3.14. The third-order valence-corrected chi connectivity index (χ3v) is 4.20. The fourth-order valence-electron chi connectivity index (χ4n) is 2.94. The quantitative estimate of drug-likeness (QED) is 0.854. The van der Waals surface area contributed by atoms with Crippen LogP contribution in [0.15, 0.2) is 42.6 Å². The van der Waals surface area contributed by atoms with Gasteiger partial charge in [0.25, 0.3) is 0 Å². The number of esters is 1. The minimum absolute atomic E-state index is 0.254. The van der Waals surface area contributed by atoms with Crippen LogP contribution >= 0.6 is 0 Å². The van der Waals surface area contributed by atoms with Crippen molar-refractivity contribution in [2.75, 3.05) is 41.4 Å². The van der Waals surface area contributed by atoms with Gasteiger partial charge in [0.05, 0.1) is 17.9 Å². The summed E-state index contributed by atoms with van der Waals surface area (Å²) < 4.78 is 5.00. The summed E-state index contributed by atoms with van der Waals surface area (Å²) in [5.41, 5.74) is 1.73. The number of anilines is 3. The Labute approximate surface area is 152 Å². The SMILES string of the molecule is CCOC(=O)c1cccc(NC(=O)N2CCN(CC)c3ncccc32)c1. The van der Waals surface area contributed by atoms with E-state index in [1.54, 1.807) is 42.3 Å². The van der Waals surface area contributed by atoms with E-state index in [1.807, 2.05) is 12.1 Å². The van der Waals surface area contributed by atoms with Crippen LogP contribution in [0.1, 0.15) is 24.2 Å². The maximum atomic E-state index is 12.8. The molecular weight excluding hydrogens is 332 g/mol. The lowest BCUT2D eigenvalue weighted by Gasteiger charge is -2.35. The van der Waals surface area contributed by atoms with Gasteiger partial charge in [0.1, 0.15) is 0 Å². The average Bonchev–Trinajstić information content (AvgIpc) is 2.67. The molecule has 2 aromatic rings. The highest BCUT2D eigenvalue weighted by Gasteiger charge is 2.27. The first-order valence-electron chi connectivity index (χ1n) is 8.69. The molecule has 1 N–H and O–H groups in total. The number of nitrogens with zero attached hydrogens (tertiary/aromatic N) is 3. The summed E-state index contributed by atoms with van der Waals surface area (Å²) in [6, 6.07) is 10.2. The first-order valence-corrected chi connectivity index (χ1v) is 8.69. The van der Waals surface area contributed by atoms with Gasteiger partial charge in [-0.25, -0.2) is 14.6 Å². The molecule has 1 aliphatic rings. The fourth-order valence-corrected chi connectivity index (χ4v) is 2.94. The van der Waals surface area contributed by atoms with Crippen LogP contribution < -0.4 is 15.1 Å². The van der Waals surface area contributed by atoms with Crippen molar-refractivity contribution in [2.45, 2.75) is 13.8 Å². The molecule has 0 saturated carbocycles. The number of carbonyl (C=O) groups excluding carboxylic acids is 2. The lowest BCUT2D eigenvalue weighted by molar-refractivity contribution is 0.0526. The molecule has 0 bridgehead atoms. The number of benzene rings is 1. The third kappa shape index (κ3) is 3.61. The van der Waals surface area contributed by atoms with Crippen molar-refractivity contribution in [3.8, 4) is 0 Å². The topological polar surface area (TPSA) is 74.8 Å². The van der Waals surface area contributed by atoms with E-state index in [9.17, 15) is 9.59 Å². The number of hydrogen-bond donors (Lipinski definition) is 1. The number of aromatic nitrogens is 1. The van der Waals surface area contributed by atoms with Gasteiger partial charge >= 0.3 is 12.0 Å². The van der Waals surface area contributed by atoms with Gasteiger partial charge in [0.2, 0.25) is 0 Å². The number of urea groups is 1. The van der Waals surface area contributed by atoms with Crippen molar-refractivity contribution < 1.29 is 14.3 Å². The van der Waals surface area contributed by atoms with Crippen molar-refractivity contribution in [3.05, 3.63) is 48.2 Å². The highest BCUT2D eigenvalue weighted by atomic mass is 16.5. The van der Waals surface area contributed by atoms with E-state index in [1.165, 1.54) is 0 Å². The number of hydrogen-bond acceptors (Lipinski definition) is 5. The van der Waals surface area contributed by atoms with E-state index in [0.29, 0.717) is 24.4 Å². The van der Waals surface area contributed by atoms with Gasteiger partial charge in [-0.3, -0.25) is 4.90 Å². The lowest BCUT2D eigenvalue weighted by atomic mass is 10.2. The molecule has 0 aliphatic carbocycles. The Bertz CT molecular complexity index is 809. The van der Waals surface area contributed by atoms with E-state index in [4.69, 9.17) is 4.74 Å². The molecule has 0 saturated heterocycles. The van der Waals surface area contributed by atoms with Crippen molar-refractivity contribution in [1.29, 1.82) is 0 Å². The van der Waals surface area contributed by atoms with Crippen LogP contribution in [0, 0.1) is 0 Å². The number of rotatable bonds is 4. The second-order valence-corrected chi connectivity index (χ2v) is 5.81. The molecule has 2 amide bonds. The minimum Gasteiger partial charge on any atom is -0.462 e. The third-order valence-electron chi connectivity index (χ3n) is 4.20.